The molecule has 218 valence electrons. The molecule has 42 heavy (non-hydrogen) atoms. The number of aromatic nitrogens is 3. The van der Waals surface area contributed by atoms with Crippen LogP contribution in [0.3, 0.4) is 0 Å². The lowest BCUT2D eigenvalue weighted by Crippen LogP contribution is -2.25. The number of anilines is 1. The quantitative estimate of drug-likeness (QED) is 0.144. The highest BCUT2D eigenvalue weighted by Gasteiger charge is 2.33. The smallest absolute Gasteiger partial charge is 0.418 e. The number of nitrogens with zero attached hydrogens (tertiary/aromatic N) is 4. The number of carbonyl (C=O) groups excluding carboxylic acids is 2. The molecule has 1 aromatic heterocycles. The van der Waals surface area contributed by atoms with E-state index in [2.05, 4.69) is 20.8 Å². The molecule has 0 fully saturated rings. The van der Waals surface area contributed by atoms with Gasteiger partial charge in [-0.2, -0.15) is 13.2 Å². The normalized spacial score (nSPS) is 11.2. The van der Waals surface area contributed by atoms with Gasteiger partial charge in [-0.15, -0.1) is 10.2 Å². The molecule has 0 saturated heterocycles. The summed E-state index contributed by atoms with van der Waals surface area (Å²) in [5, 5.41) is 24.7. The summed E-state index contributed by atoms with van der Waals surface area (Å²) in [6.45, 7) is 1.31. The minimum atomic E-state index is -4.65. The van der Waals surface area contributed by atoms with E-state index in [-0.39, 0.29) is 45.8 Å². The number of nitrogens with one attached hydrogen (secondary N) is 2. The lowest BCUT2D eigenvalue weighted by atomic mass is 10.1. The number of hydrogen-bond acceptors (Lipinski definition) is 8. The van der Waals surface area contributed by atoms with E-state index in [0.29, 0.717) is 11.4 Å². The maximum absolute atomic E-state index is 13.3. The Balaban J connectivity index is 1.57. The van der Waals surface area contributed by atoms with Gasteiger partial charge in [0.2, 0.25) is 5.91 Å². The van der Waals surface area contributed by atoms with E-state index < -0.39 is 28.5 Å². The molecule has 0 bridgehead atoms. The molecular weight excluding hydrogens is 577 g/mol. The zero-order valence-electron chi connectivity index (χ0n) is 22.1. The first kappa shape index (κ1) is 30.0. The van der Waals surface area contributed by atoms with Crippen molar-refractivity contribution in [2.75, 3.05) is 18.2 Å². The summed E-state index contributed by atoms with van der Waals surface area (Å²) < 4.78 is 47.0. The van der Waals surface area contributed by atoms with E-state index in [9.17, 15) is 32.9 Å². The van der Waals surface area contributed by atoms with Crippen LogP contribution >= 0.6 is 11.8 Å². The molecule has 1 heterocycles. The summed E-state index contributed by atoms with van der Waals surface area (Å²) in [4.78, 5) is 36.3. The third kappa shape index (κ3) is 6.68. The Hall–Kier alpha value is -4.92. The van der Waals surface area contributed by atoms with Crippen LogP contribution in [-0.4, -0.2) is 44.4 Å². The van der Waals surface area contributed by atoms with Crippen LogP contribution < -0.4 is 15.4 Å². The van der Waals surface area contributed by atoms with E-state index in [1.807, 2.05) is 0 Å². The Kier molecular flexibility index (Phi) is 9.10. The minimum absolute atomic E-state index is 0.109. The number of halogens is 3. The van der Waals surface area contributed by atoms with Crippen molar-refractivity contribution >= 4 is 35.0 Å². The lowest BCUT2D eigenvalue weighted by Gasteiger charge is -2.15. The maximum atomic E-state index is 13.3. The number of ether oxygens (including phenoxy) is 1. The summed E-state index contributed by atoms with van der Waals surface area (Å²) >= 11 is 0.914. The highest BCUT2D eigenvalue weighted by molar-refractivity contribution is 7.99. The van der Waals surface area contributed by atoms with Crippen molar-refractivity contribution in [3.05, 3.63) is 99.4 Å². The van der Waals surface area contributed by atoms with Crippen LogP contribution in [0.2, 0.25) is 0 Å². The molecule has 2 amide bonds. The predicted octanol–water partition coefficient (Wildman–Crippen LogP) is 5.17. The van der Waals surface area contributed by atoms with Gasteiger partial charge in [0, 0.05) is 17.2 Å². The van der Waals surface area contributed by atoms with Crippen LogP contribution in [0.1, 0.15) is 27.3 Å². The van der Waals surface area contributed by atoms with E-state index in [1.54, 1.807) is 28.8 Å². The van der Waals surface area contributed by atoms with Gasteiger partial charge in [0.15, 0.2) is 11.0 Å². The Morgan fingerprint density at radius 2 is 1.76 bits per heavy atom. The van der Waals surface area contributed by atoms with Gasteiger partial charge in [0.1, 0.15) is 5.75 Å². The second-order valence-corrected chi connectivity index (χ2v) is 9.62. The second-order valence-electron chi connectivity index (χ2n) is 8.68. The van der Waals surface area contributed by atoms with Gasteiger partial charge in [-0.1, -0.05) is 42.1 Å². The van der Waals surface area contributed by atoms with Crippen molar-refractivity contribution in [2.45, 2.75) is 24.8 Å². The number of para-hydroxylation sites is 3. The molecule has 0 atom stereocenters. The molecule has 0 aliphatic rings. The van der Waals surface area contributed by atoms with Crippen molar-refractivity contribution in [2.24, 2.45) is 0 Å². The number of nitro groups is 1. The number of hydrogen-bond donors (Lipinski definition) is 2. The third-order valence-electron chi connectivity index (χ3n) is 6.02. The van der Waals surface area contributed by atoms with Gasteiger partial charge in [0.25, 0.3) is 11.6 Å². The zero-order valence-corrected chi connectivity index (χ0v) is 23.0. The number of amides is 2. The highest BCUT2D eigenvalue weighted by atomic mass is 32.2. The summed E-state index contributed by atoms with van der Waals surface area (Å²) in [6.07, 6.45) is -4.65. The summed E-state index contributed by atoms with van der Waals surface area (Å²) in [5.41, 5.74) is -0.765. The van der Waals surface area contributed by atoms with Crippen LogP contribution in [0.5, 0.6) is 5.75 Å². The molecule has 0 aliphatic carbocycles. The van der Waals surface area contributed by atoms with Crippen molar-refractivity contribution in [1.29, 1.82) is 0 Å². The first-order chi connectivity index (χ1) is 20.0. The number of benzene rings is 3. The topological polar surface area (TPSA) is 141 Å². The average molecular weight is 601 g/mol. The van der Waals surface area contributed by atoms with Gasteiger partial charge >= 0.3 is 6.18 Å². The van der Waals surface area contributed by atoms with E-state index in [1.165, 1.54) is 44.4 Å². The number of nitro benzene ring substituents is 1. The van der Waals surface area contributed by atoms with Crippen molar-refractivity contribution < 1.29 is 32.4 Å². The van der Waals surface area contributed by atoms with E-state index in [4.69, 9.17) is 4.74 Å². The predicted molar refractivity (Wildman–Crippen MR) is 148 cm³/mol. The molecule has 4 rings (SSSR count). The van der Waals surface area contributed by atoms with Gasteiger partial charge in [-0.3, -0.25) is 24.3 Å². The van der Waals surface area contributed by atoms with Gasteiger partial charge in [-0.25, -0.2) is 0 Å². The van der Waals surface area contributed by atoms with E-state index in [0.717, 1.165) is 23.9 Å². The first-order valence-electron chi connectivity index (χ1n) is 12.2. The third-order valence-corrected chi connectivity index (χ3v) is 6.95. The standard InChI is InChI=1S/C27H23F3N6O5S/c1-16-17(8-7-12-20(16)36(39)40)25(38)31-14-23-33-34-26(35(23)21-11-5-6-13-22(21)41-2)42-15-24(37)32-19-10-4-3-9-18(19)27(28,29)30/h3-13H,14-15H2,1-2H3,(H,31,38)(H,32,37). The molecule has 3 aromatic carbocycles. The Morgan fingerprint density at radius 3 is 2.48 bits per heavy atom. The largest absolute Gasteiger partial charge is 0.495 e. The van der Waals surface area contributed by atoms with Gasteiger partial charge < -0.3 is 15.4 Å². The lowest BCUT2D eigenvalue weighted by molar-refractivity contribution is -0.385. The molecule has 15 heteroatoms. The van der Waals surface area contributed by atoms with Crippen LogP contribution in [-0.2, 0) is 17.5 Å². The molecule has 0 saturated carbocycles. The fourth-order valence-electron chi connectivity index (χ4n) is 4.04. The second kappa shape index (κ2) is 12.7. The molecule has 11 nitrogen and oxygen atoms in total. The van der Waals surface area contributed by atoms with Crippen LogP contribution in [0.25, 0.3) is 5.69 Å². The van der Waals surface area contributed by atoms with Crippen LogP contribution in [0, 0.1) is 17.0 Å². The maximum Gasteiger partial charge on any atom is 0.418 e. The molecule has 4 aromatic rings. The number of methoxy groups -OCH3 is 1. The van der Waals surface area contributed by atoms with Gasteiger partial charge in [0.05, 0.1) is 41.3 Å². The zero-order chi connectivity index (χ0) is 30.4. The molecular formula is C27H23F3N6O5S. The minimum Gasteiger partial charge on any atom is -0.495 e. The monoisotopic (exact) mass is 600 g/mol. The number of carbonyl (C=O) groups is 2. The number of rotatable bonds is 10. The van der Waals surface area contributed by atoms with Crippen LogP contribution in [0.15, 0.2) is 71.9 Å². The van der Waals surface area contributed by atoms with Crippen LogP contribution in [0.4, 0.5) is 24.5 Å². The first-order valence-corrected chi connectivity index (χ1v) is 13.2. The highest BCUT2D eigenvalue weighted by Crippen LogP contribution is 2.35. The molecule has 0 radical (unpaired) electrons. The molecule has 0 unspecified atom stereocenters. The molecule has 2 N–H and O–H groups in total. The van der Waals surface area contributed by atoms with Gasteiger partial charge in [-0.05, 0) is 37.3 Å². The summed E-state index contributed by atoms with van der Waals surface area (Å²) in [5.74, 6) is -0.936. The fraction of sp³-hybridized carbons (Fsp3) is 0.185. The SMILES string of the molecule is COc1ccccc1-n1c(CNC(=O)c2cccc([N+](=O)[O-])c2C)nnc1SCC(=O)Nc1ccccc1C(F)(F)F. The summed E-state index contributed by atoms with van der Waals surface area (Å²) in [6, 6.07) is 15.6. The Labute approximate surface area is 241 Å². The Bertz CT molecular complexity index is 1640. The molecule has 0 aliphatic heterocycles. The Morgan fingerprint density at radius 1 is 1.05 bits per heavy atom. The number of alkyl halides is 3. The van der Waals surface area contributed by atoms with Crippen molar-refractivity contribution in [3.63, 3.8) is 0 Å². The fourth-order valence-corrected chi connectivity index (χ4v) is 4.81. The van der Waals surface area contributed by atoms with Crippen molar-refractivity contribution in [3.8, 4) is 11.4 Å². The number of thioether (sulfide) groups is 1. The summed E-state index contributed by atoms with van der Waals surface area (Å²) in [7, 11) is 1.45. The molecule has 0 spiro atoms. The van der Waals surface area contributed by atoms with E-state index >= 15 is 0 Å². The van der Waals surface area contributed by atoms with Crippen molar-refractivity contribution in [1.82, 2.24) is 20.1 Å². The average Bonchev–Trinajstić information content (AvgIpc) is 3.37.